The maximum absolute atomic E-state index is 11.5. The van der Waals surface area contributed by atoms with Crippen LogP contribution in [0.1, 0.15) is 36.8 Å². The summed E-state index contributed by atoms with van der Waals surface area (Å²) in [6.07, 6.45) is 3.64. The van der Waals surface area contributed by atoms with Crippen molar-refractivity contribution in [3.63, 3.8) is 0 Å². The van der Waals surface area contributed by atoms with Crippen LogP contribution in [0.15, 0.2) is 79.1 Å². The van der Waals surface area contributed by atoms with Gasteiger partial charge in [0.15, 0.2) is 0 Å². The van der Waals surface area contributed by atoms with Gasteiger partial charge in [0.1, 0.15) is 6.33 Å². The van der Waals surface area contributed by atoms with E-state index in [1.165, 1.54) is 23.6 Å². The third-order valence-corrected chi connectivity index (χ3v) is 6.69. The van der Waals surface area contributed by atoms with Gasteiger partial charge in [0, 0.05) is 31.4 Å². The topological polar surface area (TPSA) is 83.0 Å². The average Bonchev–Trinajstić information content (AvgIpc) is 2.92. The molecular formula is C29H30N6O. The molecule has 0 saturated carbocycles. The average molecular weight is 479 g/mol. The summed E-state index contributed by atoms with van der Waals surface area (Å²) in [5.41, 5.74) is 6.44. The van der Waals surface area contributed by atoms with Crippen molar-refractivity contribution in [1.82, 2.24) is 15.0 Å². The standard InChI is InChI=1S/C29H30N6O/c1-20-26(32-21(2)36)12-7-13-27(20)33-28-30-19-31-29(34-28)35-16-14-23(15-17-35)25-11-6-10-24(18-25)22-8-4-3-5-9-22/h3-13,18-19,23H,14-17H2,1-2H3,(H,32,36)(H,30,31,33,34). The first-order chi connectivity index (χ1) is 17.6. The van der Waals surface area contributed by atoms with Crippen LogP contribution in [0.5, 0.6) is 0 Å². The van der Waals surface area contributed by atoms with E-state index in [0.717, 1.165) is 42.9 Å². The highest BCUT2D eigenvalue weighted by molar-refractivity contribution is 5.90. The number of anilines is 4. The third kappa shape index (κ3) is 5.35. The molecule has 7 nitrogen and oxygen atoms in total. The van der Waals surface area contributed by atoms with Gasteiger partial charge in [-0.25, -0.2) is 9.97 Å². The van der Waals surface area contributed by atoms with Gasteiger partial charge in [-0.1, -0.05) is 60.7 Å². The molecule has 0 aliphatic carbocycles. The van der Waals surface area contributed by atoms with Gasteiger partial charge < -0.3 is 15.5 Å². The molecule has 4 aromatic rings. The van der Waals surface area contributed by atoms with Crippen molar-refractivity contribution in [2.24, 2.45) is 0 Å². The first-order valence-electron chi connectivity index (χ1n) is 12.3. The summed E-state index contributed by atoms with van der Waals surface area (Å²) in [6.45, 7) is 5.23. The Kier molecular flexibility index (Phi) is 6.89. The molecule has 0 unspecified atom stereocenters. The fourth-order valence-corrected chi connectivity index (χ4v) is 4.73. The number of hydrogen-bond acceptors (Lipinski definition) is 6. The van der Waals surface area contributed by atoms with Crippen molar-refractivity contribution in [1.29, 1.82) is 0 Å². The number of amides is 1. The normalized spacial score (nSPS) is 13.9. The highest BCUT2D eigenvalue weighted by Crippen LogP contribution is 2.32. The molecule has 182 valence electrons. The molecule has 1 aromatic heterocycles. The lowest BCUT2D eigenvalue weighted by Crippen LogP contribution is -2.34. The summed E-state index contributed by atoms with van der Waals surface area (Å²) >= 11 is 0. The van der Waals surface area contributed by atoms with Gasteiger partial charge in [0.05, 0.1) is 0 Å². The van der Waals surface area contributed by atoms with E-state index >= 15 is 0 Å². The van der Waals surface area contributed by atoms with Crippen LogP contribution in [0.2, 0.25) is 0 Å². The first-order valence-corrected chi connectivity index (χ1v) is 12.3. The Morgan fingerprint density at radius 3 is 2.39 bits per heavy atom. The Balaban J connectivity index is 1.25. The predicted molar refractivity (Wildman–Crippen MR) is 145 cm³/mol. The van der Waals surface area contributed by atoms with Gasteiger partial charge in [-0.05, 0) is 60.1 Å². The number of hydrogen-bond donors (Lipinski definition) is 2. The molecule has 7 heteroatoms. The lowest BCUT2D eigenvalue weighted by Gasteiger charge is -2.32. The molecule has 5 rings (SSSR count). The number of nitrogens with zero attached hydrogens (tertiary/aromatic N) is 4. The number of nitrogens with one attached hydrogen (secondary N) is 2. The molecule has 1 aliphatic rings. The molecular weight excluding hydrogens is 448 g/mol. The molecule has 0 atom stereocenters. The van der Waals surface area contributed by atoms with Crippen molar-refractivity contribution < 1.29 is 4.79 Å². The number of piperidine rings is 1. The van der Waals surface area contributed by atoms with Gasteiger partial charge in [-0.2, -0.15) is 4.98 Å². The Morgan fingerprint density at radius 2 is 1.61 bits per heavy atom. The van der Waals surface area contributed by atoms with E-state index in [1.807, 2.05) is 25.1 Å². The number of carbonyl (C=O) groups is 1. The molecule has 3 aromatic carbocycles. The quantitative estimate of drug-likeness (QED) is 0.357. The van der Waals surface area contributed by atoms with E-state index in [2.05, 4.69) is 85.1 Å². The molecule has 2 heterocycles. The second-order valence-corrected chi connectivity index (χ2v) is 9.15. The van der Waals surface area contributed by atoms with Crippen LogP contribution >= 0.6 is 0 Å². The largest absolute Gasteiger partial charge is 0.341 e. The van der Waals surface area contributed by atoms with Crippen LogP contribution < -0.4 is 15.5 Å². The van der Waals surface area contributed by atoms with E-state index in [9.17, 15) is 4.79 Å². The van der Waals surface area contributed by atoms with Crippen molar-refractivity contribution in [2.75, 3.05) is 28.6 Å². The zero-order valence-corrected chi connectivity index (χ0v) is 20.6. The number of benzene rings is 3. The Hall–Kier alpha value is -4.26. The molecule has 1 aliphatic heterocycles. The maximum atomic E-state index is 11.5. The second-order valence-electron chi connectivity index (χ2n) is 9.15. The monoisotopic (exact) mass is 478 g/mol. The van der Waals surface area contributed by atoms with E-state index in [4.69, 9.17) is 0 Å². The molecule has 2 N–H and O–H groups in total. The van der Waals surface area contributed by atoms with Crippen molar-refractivity contribution in [3.05, 3.63) is 90.3 Å². The molecule has 1 saturated heterocycles. The Labute approximate surface area is 211 Å². The van der Waals surface area contributed by atoms with Crippen LogP contribution in [0.25, 0.3) is 11.1 Å². The van der Waals surface area contributed by atoms with E-state index in [0.29, 0.717) is 17.8 Å². The molecule has 36 heavy (non-hydrogen) atoms. The zero-order valence-electron chi connectivity index (χ0n) is 20.6. The van der Waals surface area contributed by atoms with Crippen LogP contribution in [0.3, 0.4) is 0 Å². The lowest BCUT2D eigenvalue weighted by atomic mass is 9.88. The third-order valence-electron chi connectivity index (χ3n) is 6.69. The summed E-state index contributed by atoms with van der Waals surface area (Å²) in [5, 5.41) is 6.13. The van der Waals surface area contributed by atoms with E-state index < -0.39 is 0 Å². The van der Waals surface area contributed by atoms with Gasteiger partial charge in [0.2, 0.25) is 17.8 Å². The van der Waals surface area contributed by atoms with Crippen LogP contribution in [0.4, 0.5) is 23.3 Å². The van der Waals surface area contributed by atoms with E-state index in [-0.39, 0.29) is 5.91 Å². The zero-order chi connectivity index (χ0) is 24.9. The van der Waals surface area contributed by atoms with Crippen molar-refractivity contribution in [2.45, 2.75) is 32.6 Å². The first kappa shape index (κ1) is 23.5. The number of aromatic nitrogens is 3. The van der Waals surface area contributed by atoms with Gasteiger partial charge in [-0.3, -0.25) is 4.79 Å². The highest BCUT2D eigenvalue weighted by atomic mass is 16.1. The minimum atomic E-state index is -0.104. The summed E-state index contributed by atoms with van der Waals surface area (Å²) in [7, 11) is 0. The number of carbonyl (C=O) groups excluding carboxylic acids is 1. The lowest BCUT2D eigenvalue weighted by molar-refractivity contribution is -0.114. The van der Waals surface area contributed by atoms with Crippen LogP contribution in [-0.4, -0.2) is 33.9 Å². The molecule has 1 fully saturated rings. The SMILES string of the molecule is CC(=O)Nc1cccc(Nc2ncnc(N3CCC(c4cccc(-c5ccccc5)c4)CC3)n2)c1C. The minimum Gasteiger partial charge on any atom is -0.341 e. The Bertz CT molecular complexity index is 1350. The van der Waals surface area contributed by atoms with Crippen LogP contribution in [-0.2, 0) is 4.79 Å². The Morgan fingerprint density at radius 1 is 0.889 bits per heavy atom. The summed E-state index contributed by atoms with van der Waals surface area (Å²) in [5.74, 6) is 1.58. The highest BCUT2D eigenvalue weighted by Gasteiger charge is 2.23. The molecule has 0 bridgehead atoms. The molecule has 1 amide bonds. The van der Waals surface area contributed by atoms with Crippen molar-refractivity contribution >= 4 is 29.2 Å². The fourth-order valence-electron chi connectivity index (χ4n) is 4.73. The second kappa shape index (κ2) is 10.6. The number of rotatable bonds is 6. The molecule has 0 radical (unpaired) electrons. The summed E-state index contributed by atoms with van der Waals surface area (Å²) in [6, 6.07) is 25.2. The smallest absolute Gasteiger partial charge is 0.232 e. The fraction of sp³-hybridized carbons (Fsp3) is 0.241. The minimum absolute atomic E-state index is 0.104. The van der Waals surface area contributed by atoms with Crippen LogP contribution in [0, 0.1) is 6.92 Å². The van der Waals surface area contributed by atoms with Gasteiger partial charge in [0.25, 0.3) is 0 Å². The summed E-state index contributed by atoms with van der Waals surface area (Å²) < 4.78 is 0. The van der Waals surface area contributed by atoms with Gasteiger partial charge in [-0.15, -0.1) is 0 Å². The van der Waals surface area contributed by atoms with Crippen molar-refractivity contribution in [3.8, 4) is 11.1 Å². The summed E-state index contributed by atoms with van der Waals surface area (Å²) in [4.78, 5) is 27.1. The maximum Gasteiger partial charge on any atom is 0.232 e. The predicted octanol–water partition coefficient (Wildman–Crippen LogP) is 5.93. The van der Waals surface area contributed by atoms with Gasteiger partial charge >= 0.3 is 0 Å². The van der Waals surface area contributed by atoms with E-state index in [1.54, 1.807) is 6.33 Å². The molecule has 0 spiro atoms.